The van der Waals surface area contributed by atoms with Crippen molar-refractivity contribution in [2.45, 2.75) is 20.8 Å². The minimum atomic E-state index is -3.28. The molecule has 0 radical (unpaired) electrons. The van der Waals surface area contributed by atoms with Gasteiger partial charge < -0.3 is 9.84 Å². The molecule has 0 aromatic rings. The van der Waals surface area contributed by atoms with Gasteiger partial charge in [0, 0.05) is 25.2 Å². The highest BCUT2D eigenvalue weighted by Gasteiger charge is 2.19. The Morgan fingerprint density at radius 2 is 2.00 bits per heavy atom. The van der Waals surface area contributed by atoms with Crippen molar-refractivity contribution in [2.24, 2.45) is 5.41 Å². The van der Waals surface area contributed by atoms with Crippen molar-refractivity contribution in [1.29, 1.82) is 0 Å². The number of sulfonamides is 1. The third-order valence-corrected chi connectivity index (χ3v) is 3.19. The molecule has 0 unspecified atom stereocenters. The molecular formula is C9H21NO4S. The zero-order valence-corrected chi connectivity index (χ0v) is 10.4. The van der Waals surface area contributed by atoms with Crippen LogP contribution in [0.4, 0.5) is 0 Å². The van der Waals surface area contributed by atoms with Crippen LogP contribution in [0.15, 0.2) is 0 Å². The Bertz CT molecular complexity index is 261. The minimum absolute atomic E-state index is 0.0393. The Labute approximate surface area is 91.9 Å². The van der Waals surface area contributed by atoms with Gasteiger partial charge in [-0.1, -0.05) is 13.8 Å². The van der Waals surface area contributed by atoms with E-state index in [4.69, 9.17) is 9.84 Å². The normalized spacial score (nSPS) is 13.1. The van der Waals surface area contributed by atoms with Gasteiger partial charge in [-0.25, -0.2) is 13.1 Å². The molecule has 0 aliphatic carbocycles. The Balaban J connectivity index is 3.94. The van der Waals surface area contributed by atoms with Crippen molar-refractivity contribution >= 4 is 10.0 Å². The lowest BCUT2D eigenvalue weighted by Gasteiger charge is -2.21. The Morgan fingerprint density at radius 3 is 2.47 bits per heavy atom. The number of nitrogens with one attached hydrogen (secondary N) is 1. The van der Waals surface area contributed by atoms with Crippen molar-refractivity contribution in [3.8, 4) is 0 Å². The number of rotatable bonds is 8. The number of hydrogen-bond donors (Lipinski definition) is 2. The second-order valence-corrected chi connectivity index (χ2v) is 6.09. The highest BCUT2D eigenvalue weighted by Crippen LogP contribution is 2.11. The van der Waals surface area contributed by atoms with E-state index in [-0.39, 0.29) is 25.5 Å². The quantitative estimate of drug-likeness (QED) is 0.583. The fraction of sp³-hybridized carbons (Fsp3) is 1.00. The van der Waals surface area contributed by atoms with Crippen molar-refractivity contribution in [3.05, 3.63) is 0 Å². The van der Waals surface area contributed by atoms with Crippen molar-refractivity contribution in [1.82, 2.24) is 4.72 Å². The average Bonchev–Trinajstić information content (AvgIpc) is 2.16. The first kappa shape index (κ1) is 14.8. The molecule has 0 bridgehead atoms. The summed E-state index contributed by atoms with van der Waals surface area (Å²) in [5.74, 6) is -0.0393. The molecule has 0 saturated carbocycles. The van der Waals surface area contributed by atoms with Crippen LogP contribution >= 0.6 is 0 Å². The van der Waals surface area contributed by atoms with E-state index in [0.717, 1.165) is 0 Å². The van der Waals surface area contributed by atoms with E-state index < -0.39 is 15.4 Å². The van der Waals surface area contributed by atoms with E-state index in [9.17, 15) is 8.42 Å². The van der Waals surface area contributed by atoms with Crippen LogP contribution in [0.5, 0.6) is 0 Å². The van der Waals surface area contributed by atoms with Gasteiger partial charge in [-0.05, 0) is 6.92 Å². The Hall–Kier alpha value is -0.170. The topological polar surface area (TPSA) is 75.6 Å². The number of aliphatic hydroxyl groups excluding tert-OH is 1. The van der Waals surface area contributed by atoms with Crippen LogP contribution in [-0.2, 0) is 14.8 Å². The first-order valence-electron chi connectivity index (χ1n) is 4.99. The third-order valence-electron chi connectivity index (χ3n) is 1.90. The van der Waals surface area contributed by atoms with Crippen molar-refractivity contribution in [2.75, 3.05) is 32.1 Å². The molecular weight excluding hydrogens is 218 g/mol. The Kier molecular flexibility index (Phi) is 6.35. The van der Waals surface area contributed by atoms with Gasteiger partial charge >= 0.3 is 0 Å². The molecule has 0 amide bonds. The van der Waals surface area contributed by atoms with Gasteiger partial charge in [0.15, 0.2) is 0 Å². The van der Waals surface area contributed by atoms with E-state index in [2.05, 4.69) is 4.72 Å². The molecule has 15 heavy (non-hydrogen) atoms. The van der Waals surface area contributed by atoms with E-state index in [1.165, 1.54) is 0 Å². The standard InChI is InChI=1S/C9H21NO4S/c1-4-14-5-6-15(12,13)10-7-9(2,3)8-11/h10-11H,4-8H2,1-3H3. The molecule has 0 aromatic heterocycles. The maximum absolute atomic E-state index is 11.4. The zero-order chi connectivity index (χ0) is 11.9. The van der Waals surface area contributed by atoms with E-state index in [1.54, 1.807) is 13.8 Å². The van der Waals surface area contributed by atoms with E-state index in [0.29, 0.717) is 6.61 Å². The van der Waals surface area contributed by atoms with Crippen LogP contribution in [-0.4, -0.2) is 45.6 Å². The Morgan fingerprint density at radius 1 is 1.40 bits per heavy atom. The number of hydrogen-bond acceptors (Lipinski definition) is 4. The molecule has 5 nitrogen and oxygen atoms in total. The third kappa shape index (κ3) is 7.72. The van der Waals surface area contributed by atoms with Crippen LogP contribution < -0.4 is 4.72 Å². The molecule has 0 spiro atoms. The molecule has 0 rings (SSSR count). The van der Waals surface area contributed by atoms with Crippen LogP contribution in [0, 0.1) is 5.41 Å². The van der Waals surface area contributed by atoms with Gasteiger partial charge in [-0.2, -0.15) is 0 Å². The summed E-state index contributed by atoms with van der Waals surface area (Å²) in [6.45, 7) is 6.28. The summed E-state index contributed by atoms with van der Waals surface area (Å²) in [4.78, 5) is 0. The van der Waals surface area contributed by atoms with Crippen LogP contribution in [0.2, 0.25) is 0 Å². The summed E-state index contributed by atoms with van der Waals surface area (Å²) in [6.07, 6.45) is 0. The van der Waals surface area contributed by atoms with Gasteiger partial charge in [0.2, 0.25) is 10.0 Å². The fourth-order valence-corrected chi connectivity index (χ4v) is 1.84. The maximum atomic E-state index is 11.4. The van der Waals surface area contributed by atoms with Crippen LogP contribution in [0.25, 0.3) is 0 Å². The first-order valence-corrected chi connectivity index (χ1v) is 6.64. The molecule has 2 N–H and O–H groups in total. The maximum Gasteiger partial charge on any atom is 0.213 e. The largest absolute Gasteiger partial charge is 0.396 e. The van der Waals surface area contributed by atoms with Gasteiger partial charge in [0.1, 0.15) is 0 Å². The zero-order valence-electron chi connectivity index (χ0n) is 9.62. The van der Waals surface area contributed by atoms with Gasteiger partial charge in [0.25, 0.3) is 0 Å². The van der Waals surface area contributed by atoms with E-state index in [1.807, 2.05) is 6.92 Å². The average molecular weight is 239 g/mol. The molecule has 0 atom stereocenters. The molecule has 0 heterocycles. The summed E-state index contributed by atoms with van der Waals surface area (Å²) in [7, 11) is -3.28. The summed E-state index contributed by atoms with van der Waals surface area (Å²) >= 11 is 0. The first-order chi connectivity index (χ1) is 6.83. The van der Waals surface area contributed by atoms with Crippen LogP contribution in [0.3, 0.4) is 0 Å². The monoisotopic (exact) mass is 239 g/mol. The molecule has 6 heteroatoms. The summed E-state index contributed by atoms with van der Waals surface area (Å²) in [5, 5.41) is 8.95. The lowest BCUT2D eigenvalue weighted by molar-refractivity contribution is 0.160. The van der Waals surface area contributed by atoms with Gasteiger partial charge in [-0.3, -0.25) is 0 Å². The second kappa shape index (κ2) is 6.42. The molecule has 0 aliphatic heterocycles. The summed E-state index contributed by atoms with van der Waals surface area (Å²) in [6, 6.07) is 0. The predicted octanol–water partition coefficient (Wildman–Crippen LogP) is -0.0392. The highest BCUT2D eigenvalue weighted by molar-refractivity contribution is 7.89. The van der Waals surface area contributed by atoms with Crippen molar-refractivity contribution < 1.29 is 18.3 Å². The predicted molar refractivity (Wildman–Crippen MR) is 59.1 cm³/mol. The summed E-state index contributed by atoms with van der Waals surface area (Å²) in [5.41, 5.74) is -0.432. The number of aliphatic hydroxyl groups is 1. The molecule has 0 saturated heterocycles. The molecule has 0 fully saturated rings. The second-order valence-electron chi connectivity index (χ2n) is 4.16. The smallest absolute Gasteiger partial charge is 0.213 e. The lowest BCUT2D eigenvalue weighted by Crippen LogP contribution is -2.37. The fourth-order valence-electron chi connectivity index (χ4n) is 0.746. The van der Waals surface area contributed by atoms with Gasteiger partial charge in [0.05, 0.1) is 12.4 Å². The SMILES string of the molecule is CCOCCS(=O)(=O)NCC(C)(C)CO. The number of ether oxygens (including phenoxy) is 1. The molecule has 0 aliphatic rings. The van der Waals surface area contributed by atoms with Gasteiger partial charge in [-0.15, -0.1) is 0 Å². The summed E-state index contributed by atoms with van der Waals surface area (Å²) < 4.78 is 30.2. The molecule has 92 valence electrons. The molecule has 0 aromatic carbocycles. The van der Waals surface area contributed by atoms with Crippen LogP contribution in [0.1, 0.15) is 20.8 Å². The lowest BCUT2D eigenvalue weighted by atomic mass is 9.96. The van der Waals surface area contributed by atoms with Crippen molar-refractivity contribution in [3.63, 3.8) is 0 Å². The van der Waals surface area contributed by atoms with E-state index >= 15 is 0 Å². The highest BCUT2D eigenvalue weighted by atomic mass is 32.2. The minimum Gasteiger partial charge on any atom is -0.396 e.